The lowest BCUT2D eigenvalue weighted by molar-refractivity contribution is 0.457. The van der Waals surface area contributed by atoms with Crippen LogP contribution in [0.2, 0.25) is 0 Å². The molecule has 1 aromatic heterocycles. The highest BCUT2D eigenvalue weighted by Crippen LogP contribution is 2.46. The summed E-state index contributed by atoms with van der Waals surface area (Å²) in [7, 11) is 0. The largest absolute Gasteiger partial charge is 0.407 e. The lowest BCUT2D eigenvalue weighted by atomic mass is 10.2. The SMILES string of the molecule is CC(C)CNCc1nnc(NC2CC2(C)C)o1. The van der Waals surface area contributed by atoms with E-state index in [9.17, 15) is 0 Å². The molecule has 2 rings (SSSR count). The molecule has 1 saturated carbocycles. The Kier molecular flexibility index (Phi) is 3.38. The van der Waals surface area contributed by atoms with Gasteiger partial charge >= 0.3 is 6.01 Å². The smallest absolute Gasteiger partial charge is 0.315 e. The topological polar surface area (TPSA) is 63.0 Å². The Balaban J connectivity index is 1.76. The third-order valence-electron chi connectivity index (χ3n) is 3.11. The molecule has 1 unspecified atom stereocenters. The van der Waals surface area contributed by atoms with Gasteiger partial charge in [0.2, 0.25) is 5.89 Å². The Bertz CT molecular complexity index is 372. The summed E-state index contributed by atoms with van der Waals surface area (Å²) in [6.45, 7) is 10.4. The van der Waals surface area contributed by atoms with E-state index in [0.29, 0.717) is 35.8 Å². The molecule has 0 aromatic carbocycles. The first-order valence-corrected chi connectivity index (χ1v) is 6.27. The van der Waals surface area contributed by atoms with Crippen LogP contribution >= 0.6 is 0 Å². The highest BCUT2D eigenvalue weighted by atomic mass is 16.4. The zero-order chi connectivity index (χ0) is 12.5. The Hall–Kier alpha value is -1.10. The van der Waals surface area contributed by atoms with Crippen LogP contribution in [0.15, 0.2) is 4.42 Å². The Morgan fingerprint density at radius 2 is 2.12 bits per heavy atom. The van der Waals surface area contributed by atoms with E-state index in [4.69, 9.17) is 4.42 Å². The fourth-order valence-electron chi connectivity index (χ4n) is 1.71. The van der Waals surface area contributed by atoms with Crippen molar-refractivity contribution in [1.82, 2.24) is 15.5 Å². The molecule has 17 heavy (non-hydrogen) atoms. The molecule has 0 bridgehead atoms. The van der Waals surface area contributed by atoms with Gasteiger partial charge < -0.3 is 15.1 Å². The molecule has 1 aliphatic carbocycles. The van der Waals surface area contributed by atoms with Crippen molar-refractivity contribution in [2.24, 2.45) is 11.3 Å². The van der Waals surface area contributed by atoms with E-state index < -0.39 is 0 Å². The van der Waals surface area contributed by atoms with Crippen LogP contribution in [0.4, 0.5) is 6.01 Å². The predicted molar refractivity (Wildman–Crippen MR) is 66.7 cm³/mol. The van der Waals surface area contributed by atoms with E-state index in [1.165, 1.54) is 0 Å². The molecule has 1 aromatic rings. The van der Waals surface area contributed by atoms with Crippen LogP contribution < -0.4 is 10.6 Å². The average molecular weight is 238 g/mol. The van der Waals surface area contributed by atoms with E-state index in [-0.39, 0.29) is 0 Å². The summed E-state index contributed by atoms with van der Waals surface area (Å²) in [6, 6.07) is 1.02. The molecular weight excluding hydrogens is 216 g/mol. The van der Waals surface area contributed by atoms with Gasteiger partial charge in [0.1, 0.15) is 0 Å². The molecule has 0 aliphatic heterocycles. The van der Waals surface area contributed by atoms with Crippen LogP contribution in [-0.4, -0.2) is 22.8 Å². The van der Waals surface area contributed by atoms with Gasteiger partial charge in [-0.2, -0.15) is 0 Å². The van der Waals surface area contributed by atoms with Gasteiger partial charge in [-0.25, -0.2) is 0 Å². The second-order valence-electron chi connectivity index (χ2n) is 5.92. The number of rotatable bonds is 6. The molecule has 1 aliphatic rings. The molecule has 0 amide bonds. The number of hydrogen-bond donors (Lipinski definition) is 2. The lowest BCUT2D eigenvalue weighted by Gasteiger charge is -2.04. The van der Waals surface area contributed by atoms with E-state index >= 15 is 0 Å². The fourth-order valence-corrected chi connectivity index (χ4v) is 1.71. The monoisotopic (exact) mass is 238 g/mol. The highest BCUT2D eigenvalue weighted by Gasteiger charge is 2.46. The van der Waals surface area contributed by atoms with E-state index in [1.807, 2.05) is 0 Å². The number of anilines is 1. The maximum absolute atomic E-state index is 5.51. The summed E-state index contributed by atoms with van der Waals surface area (Å²) in [5.41, 5.74) is 0.366. The van der Waals surface area contributed by atoms with Crippen molar-refractivity contribution in [3.8, 4) is 0 Å². The third-order valence-corrected chi connectivity index (χ3v) is 3.11. The molecule has 0 spiro atoms. The third kappa shape index (κ3) is 3.43. The van der Waals surface area contributed by atoms with Crippen molar-refractivity contribution in [3.05, 3.63) is 5.89 Å². The van der Waals surface area contributed by atoms with Crippen molar-refractivity contribution in [1.29, 1.82) is 0 Å². The summed E-state index contributed by atoms with van der Waals surface area (Å²) in [4.78, 5) is 0. The molecule has 0 saturated heterocycles. The van der Waals surface area contributed by atoms with Crippen LogP contribution in [0.1, 0.15) is 40.0 Å². The van der Waals surface area contributed by atoms with E-state index in [0.717, 1.165) is 13.0 Å². The standard InChI is InChI=1S/C12H22N4O/c1-8(2)6-13-7-10-15-16-11(17-10)14-9-5-12(9,3)4/h8-9,13H,5-7H2,1-4H3,(H,14,16). The summed E-state index contributed by atoms with van der Waals surface area (Å²) >= 11 is 0. The first-order chi connectivity index (χ1) is 7.97. The number of nitrogens with one attached hydrogen (secondary N) is 2. The Labute approximate surface area is 102 Å². The van der Waals surface area contributed by atoms with Gasteiger partial charge in [-0.1, -0.05) is 32.8 Å². The summed E-state index contributed by atoms with van der Waals surface area (Å²) in [5.74, 6) is 1.27. The van der Waals surface area contributed by atoms with Crippen LogP contribution in [0.3, 0.4) is 0 Å². The molecule has 5 heteroatoms. The van der Waals surface area contributed by atoms with Crippen molar-refractivity contribution >= 4 is 6.01 Å². The number of nitrogens with zero attached hydrogens (tertiary/aromatic N) is 2. The van der Waals surface area contributed by atoms with Crippen LogP contribution in [0, 0.1) is 11.3 Å². The minimum Gasteiger partial charge on any atom is -0.407 e. The quantitative estimate of drug-likeness (QED) is 0.794. The second-order valence-corrected chi connectivity index (χ2v) is 5.92. The van der Waals surface area contributed by atoms with Crippen molar-refractivity contribution in [3.63, 3.8) is 0 Å². The van der Waals surface area contributed by atoms with Crippen LogP contribution in [0.5, 0.6) is 0 Å². The zero-order valence-electron chi connectivity index (χ0n) is 11.1. The highest BCUT2D eigenvalue weighted by molar-refractivity contribution is 5.26. The van der Waals surface area contributed by atoms with Gasteiger partial charge in [0.25, 0.3) is 0 Å². The summed E-state index contributed by atoms with van der Waals surface area (Å²) < 4.78 is 5.51. The van der Waals surface area contributed by atoms with Crippen LogP contribution in [0.25, 0.3) is 0 Å². The molecule has 1 heterocycles. The van der Waals surface area contributed by atoms with Gasteiger partial charge in [0, 0.05) is 6.04 Å². The van der Waals surface area contributed by atoms with Crippen molar-refractivity contribution in [2.45, 2.75) is 46.7 Å². The van der Waals surface area contributed by atoms with Gasteiger partial charge in [-0.05, 0) is 24.3 Å². The minimum absolute atomic E-state index is 0.366. The molecular formula is C12H22N4O. The van der Waals surface area contributed by atoms with Gasteiger partial charge in [0.15, 0.2) is 0 Å². The number of aromatic nitrogens is 2. The molecule has 1 fully saturated rings. The van der Waals surface area contributed by atoms with Gasteiger partial charge in [0.05, 0.1) is 6.54 Å². The maximum Gasteiger partial charge on any atom is 0.315 e. The Morgan fingerprint density at radius 3 is 2.71 bits per heavy atom. The number of hydrogen-bond acceptors (Lipinski definition) is 5. The molecule has 2 N–H and O–H groups in total. The van der Waals surface area contributed by atoms with Crippen LogP contribution in [-0.2, 0) is 6.54 Å². The van der Waals surface area contributed by atoms with E-state index in [2.05, 4.69) is 48.5 Å². The minimum atomic E-state index is 0.366. The summed E-state index contributed by atoms with van der Waals surface area (Å²) in [5, 5.41) is 14.5. The Morgan fingerprint density at radius 1 is 1.41 bits per heavy atom. The fraction of sp³-hybridized carbons (Fsp3) is 0.833. The molecule has 5 nitrogen and oxygen atoms in total. The first-order valence-electron chi connectivity index (χ1n) is 6.27. The molecule has 96 valence electrons. The molecule has 0 radical (unpaired) electrons. The molecule has 1 atom stereocenters. The summed E-state index contributed by atoms with van der Waals surface area (Å²) in [6.07, 6.45) is 1.16. The predicted octanol–water partition coefficient (Wildman–Crippen LogP) is 2.03. The van der Waals surface area contributed by atoms with E-state index in [1.54, 1.807) is 0 Å². The van der Waals surface area contributed by atoms with Gasteiger partial charge in [-0.3, -0.25) is 0 Å². The lowest BCUT2D eigenvalue weighted by Crippen LogP contribution is -2.19. The normalized spacial score (nSPS) is 21.8. The average Bonchev–Trinajstić information content (AvgIpc) is 2.63. The van der Waals surface area contributed by atoms with Crippen molar-refractivity contribution in [2.75, 3.05) is 11.9 Å². The first kappa shape index (κ1) is 12.4. The van der Waals surface area contributed by atoms with Gasteiger partial charge in [-0.15, -0.1) is 5.10 Å². The second kappa shape index (κ2) is 4.64. The zero-order valence-corrected chi connectivity index (χ0v) is 11.1. The van der Waals surface area contributed by atoms with Crippen molar-refractivity contribution < 1.29 is 4.42 Å². The maximum atomic E-state index is 5.51.